The van der Waals surface area contributed by atoms with Crippen LogP contribution < -0.4 is 0 Å². The van der Waals surface area contributed by atoms with E-state index in [1.165, 1.54) is 11.5 Å². The molecule has 0 aromatic carbocycles. The standard InChI is InChI=1S/C11H13BrN2OS2/c1-6(2)10-11(17-14-13-10)8(15)5-9-7(12)3-4-16-9/h3-4,6,8,15H,5H2,1-2H3. The van der Waals surface area contributed by atoms with Crippen molar-refractivity contribution >= 4 is 38.8 Å². The van der Waals surface area contributed by atoms with Gasteiger partial charge in [0.05, 0.1) is 16.7 Å². The van der Waals surface area contributed by atoms with Crippen LogP contribution in [0.25, 0.3) is 0 Å². The van der Waals surface area contributed by atoms with E-state index in [-0.39, 0.29) is 0 Å². The quantitative estimate of drug-likeness (QED) is 0.927. The molecule has 92 valence electrons. The maximum absolute atomic E-state index is 10.3. The first-order valence-corrected chi connectivity index (χ1v) is 7.76. The monoisotopic (exact) mass is 332 g/mol. The number of aliphatic hydroxyl groups excluding tert-OH is 1. The molecule has 17 heavy (non-hydrogen) atoms. The molecule has 0 fully saturated rings. The highest BCUT2D eigenvalue weighted by atomic mass is 79.9. The van der Waals surface area contributed by atoms with Gasteiger partial charge >= 0.3 is 0 Å². The third-order valence-electron chi connectivity index (χ3n) is 2.46. The lowest BCUT2D eigenvalue weighted by molar-refractivity contribution is 0.181. The minimum atomic E-state index is -0.512. The van der Waals surface area contributed by atoms with Crippen LogP contribution in [0.15, 0.2) is 15.9 Å². The van der Waals surface area contributed by atoms with Gasteiger partial charge in [-0.1, -0.05) is 18.3 Å². The molecule has 0 radical (unpaired) electrons. The summed E-state index contributed by atoms with van der Waals surface area (Å²) in [4.78, 5) is 2.04. The van der Waals surface area contributed by atoms with Crippen LogP contribution >= 0.6 is 38.8 Å². The summed E-state index contributed by atoms with van der Waals surface area (Å²) in [5.41, 5.74) is 0.912. The van der Waals surface area contributed by atoms with E-state index in [0.29, 0.717) is 12.3 Å². The number of halogens is 1. The lowest BCUT2D eigenvalue weighted by Crippen LogP contribution is -2.03. The van der Waals surface area contributed by atoms with Crippen molar-refractivity contribution < 1.29 is 5.11 Å². The van der Waals surface area contributed by atoms with Gasteiger partial charge in [-0.2, -0.15) is 0 Å². The Kier molecular flexibility index (Phi) is 4.30. The number of hydrogen-bond donors (Lipinski definition) is 1. The Morgan fingerprint density at radius 1 is 1.47 bits per heavy atom. The van der Waals surface area contributed by atoms with Crippen LogP contribution in [0.4, 0.5) is 0 Å². The van der Waals surface area contributed by atoms with E-state index >= 15 is 0 Å². The minimum Gasteiger partial charge on any atom is -0.387 e. The van der Waals surface area contributed by atoms with Gasteiger partial charge in [0.25, 0.3) is 0 Å². The number of aliphatic hydroxyl groups is 1. The van der Waals surface area contributed by atoms with E-state index < -0.39 is 6.10 Å². The summed E-state index contributed by atoms with van der Waals surface area (Å²) >= 11 is 6.42. The summed E-state index contributed by atoms with van der Waals surface area (Å²) in [6, 6.07) is 2.00. The highest BCUT2D eigenvalue weighted by Gasteiger charge is 2.20. The number of aromatic nitrogens is 2. The van der Waals surface area contributed by atoms with Crippen molar-refractivity contribution in [2.24, 2.45) is 0 Å². The van der Waals surface area contributed by atoms with Gasteiger partial charge < -0.3 is 5.11 Å². The number of hydrogen-bond acceptors (Lipinski definition) is 5. The van der Waals surface area contributed by atoms with Gasteiger partial charge in [-0.05, 0) is 44.8 Å². The van der Waals surface area contributed by atoms with Gasteiger partial charge in [-0.25, -0.2) is 0 Å². The van der Waals surface area contributed by atoms with Crippen LogP contribution in [0.2, 0.25) is 0 Å². The Labute approximate surface area is 117 Å². The number of nitrogens with zero attached hydrogens (tertiary/aromatic N) is 2. The second-order valence-corrected chi connectivity index (χ2v) is 6.73. The first kappa shape index (κ1) is 13.1. The molecule has 0 amide bonds. The summed E-state index contributed by atoms with van der Waals surface area (Å²) < 4.78 is 5.00. The van der Waals surface area contributed by atoms with Crippen LogP contribution in [0, 0.1) is 0 Å². The average Bonchev–Trinajstić information content (AvgIpc) is 2.87. The fourth-order valence-corrected chi connectivity index (χ4v) is 3.92. The largest absolute Gasteiger partial charge is 0.387 e. The Morgan fingerprint density at radius 2 is 2.24 bits per heavy atom. The first-order valence-electron chi connectivity index (χ1n) is 5.31. The van der Waals surface area contributed by atoms with Gasteiger partial charge in [-0.15, -0.1) is 16.4 Å². The molecule has 6 heteroatoms. The predicted octanol–water partition coefficient (Wildman–Crippen LogP) is 3.76. The van der Waals surface area contributed by atoms with Crippen molar-refractivity contribution in [1.82, 2.24) is 9.59 Å². The topological polar surface area (TPSA) is 46.0 Å². The third kappa shape index (κ3) is 2.93. The molecule has 1 unspecified atom stereocenters. The van der Waals surface area contributed by atoms with E-state index in [9.17, 15) is 5.11 Å². The molecular weight excluding hydrogens is 320 g/mol. The zero-order valence-corrected chi connectivity index (χ0v) is 12.8. The van der Waals surface area contributed by atoms with Crippen molar-refractivity contribution in [2.75, 3.05) is 0 Å². The molecular formula is C11H13BrN2OS2. The highest BCUT2D eigenvalue weighted by molar-refractivity contribution is 9.10. The Bertz CT molecular complexity index is 495. The SMILES string of the molecule is CC(C)c1nnsc1C(O)Cc1sccc1Br. The normalized spacial score (nSPS) is 13.2. The van der Waals surface area contributed by atoms with E-state index in [1.807, 2.05) is 11.4 Å². The molecule has 1 N–H and O–H groups in total. The molecule has 0 aliphatic carbocycles. The zero-order chi connectivity index (χ0) is 12.4. The molecule has 3 nitrogen and oxygen atoms in total. The van der Waals surface area contributed by atoms with Crippen LogP contribution in [-0.2, 0) is 6.42 Å². The van der Waals surface area contributed by atoms with Gasteiger partial charge in [0.15, 0.2) is 0 Å². The molecule has 0 saturated heterocycles. The van der Waals surface area contributed by atoms with Crippen molar-refractivity contribution in [2.45, 2.75) is 32.3 Å². The molecule has 2 heterocycles. The van der Waals surface area contributed by atoms with Gasteiger partial charge in [-0.3, -0.25) is 0 Å². The summed E-state index contributed by atoms with van der Waals surface area (Å²) in [7, 11) is 0. The molecule has 0 spiro atoms. The van der Waals surface area contributed by atoms with Crippen molar-refractivity contribution in [3.63, 3.8) is 0 Å². The fraction of sp³-hybridized carbons (Fsp3) is 0.455. The van der Waals surface area contributed by atoms with E-state index in [0.717, 1.165) is 19.9 Å². The van der Waals surface area contributed by atoms with Crippen LogP contribution in [0.5, 0.6) is 0 Å². The molecule has 0 aliphatic rings. The molecule has 1 atom stereocenters. The third-order valence-corrected chi connectivity index (χ3v) is 5.25. The van der Waals surface area contributed by atoms with E-state index in [4.69, 9.17) is 0 Å². The predicted molar refractivity (Wildman–Crippen MR) is 74.7 cm³/mol. The van der Waals surface area contributed by atoms with Crippen LogP contribution in [0.3, 0.4) is 0 Å². The van der Waals surface area contributed by atoms with E-state index in [1.54, 1.807) is 11.3 Å². The average molecular weight is 333 g/mol. The molecule has 2 rings (SSSR count). The maximum atomic E-state index is 10.3. The lowest BCUT2D eigenvalue weighted by atomic mass is 10.1. The zero-order valence-electron chi connectivity index (χ0n) is 9.55. The summed E-state index contributed by atoms with van der Waals surface area (Å²) in [5.74, 6) is 0.296. The van der Waals surface area contributed by atoms with Crippen molar-refractivity contribution in [1.29, 1.82) is 0 Å². The second kappa shape index (κ2) is 5.56. The second-order valence-electron chi connectivity index (χ2n) is 4.09. The van der Waals surface area contributed by atoms with Gasteiger partial charge in [0.2, 0.25) is 0 Å². The number of rotatable bonds is 4. The summed E-state index contributed by atoms with van der Waals surface area (Å²) in [5, 5.41) is 16.4. The smallest absolute Gasteiger partial charge is 0.0965 e. The van der Waals surface area contributed by atoms with Gasteiger partial charge in [0, 0.05) is 15.8 Å². The number of thiophene rings is 1. The summed E-state index contributed by atoms with van der Waals surface area (Å²) in [6.45, 7) is 4.13. The highest BCUT2D eigenvalue weighted by Crippen LogP contribution is 2.32. The van der Waals surface area contributed by atoms with Crippen molar-refractivity contribution in [3.8, 4) is 0 Å². The molecule has 0 saturated carbocycles. The Morgan fingerprint density at radius 3 is 2.82 bits per heavy atom. The molecule has 0 bridgehead atoms. The fourth-order valence-electron chi connectivity index (χ4n) is 1.58. The maximum Gasteiger partial charge on any atom is 0.0965 e. The summed E-state index contributed by atoms with van der Waals surface area (Å²) in [6.07, 6.45) is 0.101. The van der Waals surface area contributed by atoms with Crippen LogP contribution in [-0.4, -0.2) is 14.7 Å². The molecule has 0 aliphatic heterocycles. The Balaban J connectivity index is 2.17. The Hall–Kier alpha value is -0.300. The first-order chi connectivity index (χ1) is 8.09. The minimum absolute atomic E-state index is 0.296. The van der Waals surface area contributed by atoms with E-state index in [2.05, 4.69) is 39.4 Å². The van der Waals surface area contributed by atoms with Crippen LogP contribution in [0.1, 0.15) is 41.3 Å². The molecule has 2 aromatic heterocycles. The van der Waals surface area contributed by atoms with Gasteiger partial charge in [0.1, 0.15) is 0 Å². The van der Waals surface area contributed by atoms with Crippen molar-refractivity contribution in [3.05, 3.63) is 31.4 Å². The lowest BCUT2D eigenvalue weighted by Gasteiger charge is -2.10. The molecule has 2 aromatic rings.